The summed E-state index contributed by atoms with van der Waals surface area (Å²) in [6, 6.07) is 0. The molecule has 0 aliphatic rings. The molecule has 1 atom stereocenters. The van der Waals surface area contributed by atoms with Gasteiger partial charge in [-0.15, -0.1) is 0 Å². The van der Waals surface area contributed by atoms with E-state index in [0.717, 1.165) is 0 Å². The zero-order valence-corrected chi connectivity index (χ0v) is 7.09. The third-order valence-corrected chi connectivity index (χ3v) is 1.19. The van der Waals surface area contributed by atoms with Crippen LogP contribution in [0, 0.1) is 0 Å². The van der Waals surface area contributed by atoms with Crippen LogP contribution in [-0.4, -0.2) is 24.2 Å². The summed E-state index contributed by atoms with van der Waals surface area (Å²) in [5, 5.41) is 9.33. The Morgan fingerprint density at radius 3 is 2.45 bits per heavy atom. The van der Waals surface area contributed by atoms with E-state index in [0.29, 0.717) is 6.42 Å². The van der Waals surface area contributed by atoms with Gasteiger partial charge in [0.15, 0.2) is 0 Å². The molecule has 11 heavy (non-hydrogen) atoms. The molecule has 66 valence electrons. The zero-order valence-electron chi connectivity index (χ0n) is 7.09. The van der Waals surface area contributed by atoms with Gasteiger partial charge in [-0.3, -0.25) is 4.79 Å². The molecule has 0 fully saturated rings. The highest BCUT2D eigenvalue weighted by molar-refractivity contribution is 5.66. The molecule has 0 aliphatic heterocycles. The Labute approximate surface area is 66.1 Å². The van der Waals surface area contributed by atoms with Crippen molar-refractivity contribution in [1.29, 1.82) is 0 Å². The normalized spacial score (nSPS) is 15.6. The molecule has 0 bridgehead atoms. The van der Waals surface area contributed by atoms with Gasteiger partial charge in [0.2, 0.25) is 0 Å². The van der Waals surface area contributed by atoms with Crippen molar-refractivity contribution >= 4 is 5.97 Å². The lowest BCUT2D eigenvalue weighted by molar-refractivity contribution is -0.333. The van der Waals surface area contributed by atoms with Crippen LogP contribution < -0.4 is 0 Å². The van der Waals surface area contributed by atoms with Crippen LogP contribution in [0.25, 0.3) is 0 Å². The maximum atomic E-state index is 10.4. The number of methoxy groups -OCH3 is 1. The SMILES string of the molecule is CCCC(O)(OC)OC(C)=O. The smallest absolute Gasteiger partial charge is 0.326 e. The summed E-state index contributed by atoms with van der Waals surface area (Å²) >= 11 is 0. The lowest BCUT2D eigenvalue weighted by Gasteiger charge is -2.24. The average molecular weight is 162 g/mol. The van der Waals surface area contributed by atoms with Crippen molar-refractivity contribution in [2.24, 2.45) is 0 Å². The fourth-order valence-corrected chi connectivity index (χ4v) is 0.735. The number of hydrogen-bond donors (Lipinski definition) is 1. The van der Waals surface area contributed by atoms with Crippen molar-refractivity contribution in [1.82, 2.24) is 0 Å². The van der Waals surface area contributed by atoms with Crippen LogP contribution >= 0.6 is 0 Å². The quantitative estimate of drug-likeness (QED) is 0.487. The number of ether oxygens (including phenoxy) is 2. The van der Waals surface area contributed by atoms with Crippen molar-refractivity contribution in [2.75, 3.05) is 7.11 Å². The van der Waals surface area contributed by atoms with E-state index < -0.39 is 11.9 Å². The molecular weight excluding hydrogens is 148 g/mol. The number of aliphatic hydroxyl groups is 1. The molecule has 4 heteroatoms. The summed E-state index contributed by atoms with van der Waals surface area (Å²) in [5.41, 5.74) is 0. The van der Waals surface area contributed by atoms with Gasteiger partial charge in [-0.1, -0.05) is 6.92 Å². The molecule has 1 unspecified atom stereocenters. The van der Waals surface area contributed by atoms with Gasteiger partial charge in [0.05, 0.1) is 0 Å². The Morgan fingerprint density at radius 1 is 1.64 bits per heavy atom. The summed E-state index contributed by atoms with van der Waals surface area (Å²) < 4.78 is 9.12. The molecule has 0 rings (SSSR count). The molecule has 0 radical (unpaired) electrons. The molecule has 0 aliphatic carbocycles. The lowest BCUT2D eigenvalue weighted by atomic mass is 10.3. The van der Waals surface area contributed by atoms with Gasteiger partial charge in [-0.2, -0.15) is 0 Å². The minimum atomic E-state index is -1.74. The van der Waals surface area contributed by atoms with Gasteiger partial charge in [-0.05, 0) is 6.42 Å². The number of esters is 1. The van der Waals surface area contributed by atoms with E-state index in [4.69, 9.17) is 0 Å². The maximum Gasteiger partial charge on any atom is 0.326 e. The molecule has 0 aromatic rings. The average Bonchev–Trinajstić information content (AvgIpc) is 1.87. The van der Waals surface area contributed by atoms with Crippen molar-refractivity contribution in [3.63, 3.8) is 0 Å². The Hall–Kier alpha value is -0.610. The number of hydrogen-bond acceptors (Lipinski definition) is 4. The van der Waals surface area contributed by atoms with Crippen molar-refractivity contribution in [3.05, 3.63) is 0 Å². The second-order valence-electron chi connectivity index (χ2n) is 2.26. The third kappa shape index (κ3) is 3.95. The van der Waals surface area contributed by atoms with Crippen molar-refractivity contribution in [3.8, 4) is 0 Å². The van der Waals surface area contributed by atoms with Crippen LogP contribution in [0.2, 0.25) is 0 Å². The van der Waals surface area contributed by atoms with Crippen LogP contribution in [0.4, 0.5) is 0 Å². The summed E-state index contributed by atoms with van der Waals surface area (Å²) in [6.45, 7) is 3.08. The van der Waals surface area contributed by atoms with Crippen LogP contribution in [-0.2, 0) is 14.3 Å². The lowest BCUT2D eigenvalue weighted by Crippen LogP contribution is -2.36. The fraction of sp³-hybridized carbons (Fsp3) is 0.857. The Kier molecular flexibility index (Phi) is 4.07. The largest absolute Gasteiger partial charge is 0.408 e. The van der Waals surface area contributed by atoms with E-state index in [9.17, 15) is 9.90 Å². The molecule has 0 saturated heterocycles. The number of carbonyl (C=O) groups excluding carboxylic acids is 1. The second kappa shape index (κ2) is 4.31. The molecule has 4 nitrogen and oxygen atoms in total. The minimum absolute atomic E-state index is 0.281. The van der Waals surface area contributed by atoms with Gasteiger partial charge in [0.1, 0.15) is 0 Å². The zero-order chi connectivity index (χ0) is 8.91. The molecule has 0 amide bonds. The van der Waals surface area contributed by atoms with E-state index in [-0.39, 0.29) is 6.42 Å². The topological polar surface area (TPSA) is 55.8 Å². The summed E-state index contributed by atoms with van der Waals surface area (Å²) in [7, 11) is 1.29. The van der Waals surface area contributed by atoms with Gasteiger partial charge >= 0.3 is 11.9 Å². The van der Waals surface area contributed by atoms with E-state index in [1.807, 2.05) is 6.92 Å². The molecule has 0 aromatic heterocycles. The first-order valence-electron chi connectivity index (χ1n) is 3.51. The van der Waals surface area contributed by atoms with Gasteiger partial charge < -0.3 is 14.6 Å². The van der Waals surface area contributed by atoms with E-state index >= 15 is 0 Å². The molecule has 0 aromatic carbocycles. The number of rotatable bonds is 4. The summed E-state index contributed by atoms with van der Waals surface area (Å²) in [5.74, 6) is -2.29. The van der Waals surface area contributed by atoms with Crippen LogP contribution in [0.15, 0.2) is 0 Å². The Bertz CT molecular complexity index is 134. The predicted octanol–water partition coefficient (Wildman–Crippen LogP) is 0.642. The Balaban J connectivity index is 3.98. The molecule has 0 heterocycles. The van der Waals surface area contributed by atoms with Crippen LogP contribution in [0.5, 0.6) is 0 Å². The highest BCUT2D eigenvalue weighted by Gasteiger charge is 2.28. The van der Waals surface area contributed by atoms with E-state index in [1.54, 1.807) is 0 Å². The second-order valence-corrected chi connectivity index (χ2v) is 2.26. The van der Waals surface area contributed by atoms with E-state index in [1.165, 1.54) is 14.0 Å². The first-order valence-corrected chi connectivity index (χ1v) is 3.51. The first-order chi connectivity index (χ1) is 5.04. The Morgan fingerprint density at radius 2 is 2.18 bits per heavy atom. The van der Waals surface area contributed by atoms with Crippen LogP contribution in [0.3, 0.4) is 0 Å². The van der Waals surface area contributed by atoms with Gasteiger partial charge in [-0.25, -0.2) is 0 Å². The van der Waals surface area contributed by atoms with Crippen molar-refractivity contribution in [2.45, 2.75) is 32.7 Å². The third-order valence-electron chi connectivity index (χ3n) is 1.19. The minimum Gasteiger partial charge on any atom is -0.408 e. The molecule has 0 saturated carbocycles. The summed E-state index contributed by atoms with van der Waals surface area (Å²) in [4.78, 5) is 10.4. The van der Waals surface area contributed by atoms with Crippen LogP contribution in [0.1, 0.15) is 26.7 Å². The first kappa shape index (κ1) is 10.4. The highest BCUT2D eigenvalue weighted by Crippen LogP contribution is 2.14. The summed E-state index contributed by atoms with van der Waals surface area (Å²) in [6.07, 6.45) is 0.959. The maximum absolute atomic E-state index is 10.4. The standard InChI is InChI=1S/C7H14O4/c1-4-5-7(9,10-3)11-6(2)8/h9H,4-5H2,1-3H3. The van der Waals surface area contributed by atoms with Gasteiger partial charge in [0.25, 0.3) is 0 Å². The fourth-order valence-electron chi connectivity index (χ4n) is 0.735. The van der Waals surface area contributed by atoms with Gasteiger partial charge in [0, 0.05) is 20.5 Å². The van der Waals surface area contributed by atoms with Crippen molar-refractivity contribution < 1.29 is 19.4 Å². The number of carbonyl (C=O) groups is 1. The molecular formula is C7H14O4. The monoisotopic (exact) mass is 162 g/mol. The molecule has 1 N–H and O–H groups in total. The predicted molar refractivity (Wildman–Crippen MR) is 38.6 cm³/mol. The van der Waals surface area contributed by atoms with E-state index in [2.05, 4.69) is 9.47 Å². The molecule has 0 spiro atoms. The highest BCUT2D eigenvalue weighted by atomic mass is 16.8.